The van der Waals surface area contributed by atoms with Crippen molar-refractivity contribution >= 4 is 23.4 Å². The quantitative estimate of drug-likeness (QED) is 0.294. The van der Waals surface area contributed by atoms with Gasteiger partial charge in [0.05, 0.1) is 9.85 Å². The molecule has 4 rings (SSSR count). The van der Waals surface area contributed by atoms with Crippen LogP contribution in [0.3, 0.4) is 0 Å². The fourth-order valence-corrected chi connectivity index (χ4v) is 3.71. The smallest absolute Gasteiger partial charge is 0.312 e. The van der Waals surface area contributed by atoms with E-state index in [1.807, 2.05) is 30.3 Å². The minimum absolute atomic E-state index is 0.0116. The second-order valence-corrected chi connectivity index (χ2v) is 7.60. The molecule has 0 spiro atoms. The van der Waals surface area contributed by atoms with E-state index in [4.69, 9.17) is 9.47 Å². The molecule has 10 heteroatoms. The molecule has 0 saturated heterocycles. The van der Waals surface area contributed by atoms with E-state index >= 15 is 0 Å². The minimum Gasteiger partial charge on any atom is -0.507 e. The van der Waals surface area contributed by atoms with E-state index in [0.29, 0.717) is 11.8 Å². The van der Waals surface area contributed by atoms with Crippen LogP contribution in [-0.4, -0.2) is 21.2 Å². The summed E-state index contributed by atoms with van der Waals surface area (Å²) in [5.41, 5.74) is 0.731. The van der Waals surface area contributed by atoms with E-state index in [-0.39, 0.29) is 40.7 Å². The van der Waals surface area contributed by atoms with Crippen molar-refractivity contribution in [3.8, 4) is 11.5 Å². The first kappa shape index (κ1) is 22.5. The molecule has 1 N–H and O–H groups in total. The van der Waals surface area contributed by atoms with Gasteiger partial charge in [-0.15, -0.1) is 0 Å². The molecule has 1 atom stereocenters. The maximum atomic E-state index is 11.8. The Morgan fingerprint density at radius 1 is 1.03 bits per heavy atom. The second kappa shape index (κ2) is 9.02. The van der Waals surface area contributed by atoms with Crippen LogP contribution in [-0.2, 0) is 11.4 Å². The van der Waals surface area contributed by atoms with Crippen molar-refractivity contribution in [2.45, 2.75) is 19.4 Å². The molecule has 0 amide bonds. The highest BCUT2D eigenvalue weighted by Crippen LogP contribution is 2.46. The fourth-order valence-electron chi connectivity index (χ4n) is 3.71. The van der Waals surface area contributed by atoms with Crippen LogP contribution in [0.4, 0.5) is 11.4 Å². The number of benzene rings is 3. The predicted molar refractivity (Wildman–Crippen MR) is 121 cm³/mol. The molecule has 0 aromatic heterocycles. The van der Waals surface area contributed by atoms with Crippen LogP contribution in [0.15, 0.2) is 66.4 Å². The van der Waals surface area contributed by atoms with Crippen LogP contribution >= 0.6 is 0 Å². The molecule has 0 bridgehead atoms. The third kappa shape index (κ3) is 4.16. The third-order valence-electron chi connectivity index (χ3n) is 5.30. The normalized spacial score (nSPS) is 14.7. The van der Waals surface area contributed by atoms with Crippen molar-refractivity contribution in [2.24, 2.45) is 0 Å². The van der Waals surface area contributed by atoms with Crippen LogP contribution in [0.25, 0.3) is 5.76 Å². The Labute approximate surface area is 193 Å². The van der Waals surface area contributed by atoms with Crippen LogP contribution in [0.1, 0.15) is 28.2 Å². The van der Waals surface area contributed by atoms with Crippen LogP contribution in [0.5, 0.6) is 11.5 Å². The number of carbonyl (C=O) groups is 1. The van der Waals surface area contributed by atoms with E-state index in [0.717, 1.165) is 11.6 Å². The number of nitrogens with zero attached hydrogens (tertiary/aromatic N) is 2. The lowest BCUT2D eigenvalue weighted by Gasteiger charge is -2.25. The first-order chi connectivity index (χ1) is 16.3. The number of aliphatic hydroxyl groups is 1. The van der Waals surface area contributed by atoms with Crippen LogP contribution < -0.4 is 9.47 Å². The number of aliphatic hydroxyl groups excluding tert-OH is 1. The number of rotatable bonds is 7. The highest BCUT2D eigenvalue weighted by Gasteiger charge is 2.36. The second-order valence-electron chi connectivity index (χ2n) is 7.60. The van der Waals surface area contributed by atoms with Gasteiger partial charge in [0, 0.05) is 23.3 Å². The molecule has 1 heterocycles. The average molecular weight is 462 g/mol. The first-order valence-corrected chi connectivity index (χ1v) is 10.1. The molecule has 1 unspecified atom stereocenters. The molecule has 1 aliphatic heterocycles. The average Bonchev–Trinajstić information content (AvgIpc) is 2.82. The summed E-state index contributed by atoms with van der Waals surface area (Å²) in [6, 6.07) is 15.7. The number of hydrogen-bond acceptors (Lipinski definition) is 8. The Morgan fingerprint density at radius 2 is 1.74 bits per heavy atom. The Balaban J connectivity index is 1.75. The van der Waals surface area contributed by atoms with Crippen molar-refractivity contribution < 1.29 is 29.2 Å². The number of ether oxygens (including phenoxy) is 2. The predicted octanol–water partition coefficient (Wildman–Crippen LogP) is 4.99. The number of hydrogen-bond donors (Lipinski definition) is 1. The van der Waals surface area contributed by atoms with Crippen molar-refractivity contribution in [3.63, 3.8) is 0 Å². The number of allylic oxidation sites excluding steroid dienone is 1. The van der Waals surface area contributed by atoms with Gasteiger partial charge in [-0.05, 0) is 30.2 Å². The molecule has 3 aromatic rings. The summed E-state index contributed by atoms with van der Waals surface area (Å²) in [4.78, 5) is 33.8. The van der Waals surface area contributed by atoms with E-state index in [2.05, 4.69) is 0 Å². The number of carbonyl (C=O) groups excluding carboxylic acids is 1. The molecule has 0 aliphatic carbocycles. The van der Waals surface area contributed by atoms with Gasteiger partial charge in [0.25, 0.3) is 0 Å². The van der Waals surface area contributed by atoms with Crippen LogP contribution in [0.2, 0.25) is 0 Å². The van der Waals surface area contributed by atoms with Crippen LogP contribution in [0, 0.1) is 27.2 Å². The van der Waals surface area contributed by atoms with E-state index in [9.17, 15) is 30.1 Å². The largest absolute Gasteiger partial charge is 0.507 e. The summed E-state index contributed by atoms with van der Waals surface area (Å²) in [5, 5.41) is 34.0. The molecule has 34 heavy (non-hydrogen) atoms. The third-order valence-corrected chi connectivity index (χ3v) is 5.30. The highest BCUT2D eigenvalue weighted by molar-refractivity contribution is 5.81. The van der Waals surface area contributed by atoms with Gasteiger partial charge in [-0.25, -0.2) is 0 Å². The van der Waals surface area contributed by atoms with Crippen molar-refractivity contribution in [3.05, 3.63) is 109 Å². The number of nitro benzene ring substituents is 2. The van der Waals surface area contributed by atoms with Crippen molar-refractivity contribution in [1.29, 1.82) is 0 Å². The molecular formula is C24H18N2O8. The van der Waals surface area contributed by atoms with Crippen molar-refractivity contribution in [1.82, 2.24) is 0 Å². The molecule has 0 saturated carbocycles. The zero-order valence-corrected chi connectivity index (χ0v) is 17.8. The fraction of sp³-hybridized carbons (Fsp3) is 0.125. The summed E-state index contributed by atoms with van der Waals surface area (Å²) >= 11 is 0. The van der Waals surface area contributed by atoms with Gasteiger partial charge in [0.15, 0.2) is 17.3 Å². The molecular weight excluding hydrogens is 444 g/mol. The monoisotopic (exact) mass is 462 g/mol. The zero-order chi connectivity index (χ0) is 24.4. The number of nitro groups is 2. The lowest BCUT2D eigenvalue weighted by molar-refractivity contribution is -0.386. The van der Waals surface area contributed by atoms with Gasteiger partial charge in [-0.1, -0.05) is 36.4 Å². The Bertz CT molecular complexity index is 1330. The van der Waals surface area contributed by atoms with Gasteiger partial charge in [-0.2, -0.15) is 0 Å². The number of aryl methyl sites for hydroxylation is 1. The van der Waals surface area contributed by atoms with Gasteiger partial charge in [0.2, 0.25) is 5.75 Å². The van der Waals surface area contributed by atoms with Gasteiger partial charge < -0.3 is 19.4 Å². The summed E-state index contributed by atoms with van der Waals surface area (Å²) in [5.74, 6) is -2.23. The Morgan fingerprint density at radius 3 is 2.38 bits per heavy atom. The maximum absolute atomic E-state index is 11.8. The molecule has 10 nitrogen and oxygen atoms in total. The maximum Gasteiger partial charge on any atom is 0.312 e. The molecule has 172 valence electrons. The molecule has 0 radical (unpaired) electrons. The number of aldehydes is 1. The lowest BCUT2D eigenvalue weighted by atomic mass is 9.91. The lowest BCUT2D eigenvalue weighted by Crippen LogP contribution is -2.17. The van der Waals surface area contributed by atoms with Gasteiger partial charge in [0.1, 0.15) is 18.8 Å². The zero-order valence-electron chi connectivity index (χ0n) is 17.8. The van der Waals surface area contributed by atoms with Gasteiger partial charge >= 0.3 is 11.4 Å². The molecule has 3 aromatic carbocycles. The molecule has 1 aliphatic rings. The van der Waals surface area contributed by atoms with E-state index in [1.54, 1.807) is 6.92 Å². The van der Waals surface area contributed by atoms with Crippen molar-refractivity contribution in [2.75, 3.05) is 0 Å². The highest BCUT2D eigenvalue weighted by atomic mass is 16.6. The summed E-state index contributed by atoms with van der Waals surface area (Å²) in [6.45, 7) is 1.71. The first-order valence-electron chi connectivity index (χ1n) is 10.1. The Hall–Kier alpha value is -4.73. The van der Waals surface area contributed by atoms with Gasteiger partial charge in [-0.3, -0.25) is 20.2 Å². The SMILES string of the molecule is Cc1cc2c(c([N+](=O)[O-])c1)OC(c1ccc(OCc3ccccc3)c([N+](=O)[O-])c1)=C(O)C2C=O. The number of fused-ring (bicyclic) bond motifs is 1. The summed E-state index contributed by atoms with van der Waals surface area (Å²) < 4.78 is 11.3. The standard InChI is InChI=1S/C24H18N2O8/c1-14-9-17-18(12-27)22(28)23(34-24(17)20(10-14)26(31)32)16-7-8-21(19(11-16)25(29)30)33-13-15-5-3-2-4-6-15/h2-12,18,28H,13H2,1H3. The summed E-state index contributed by atoms with van der Waals surface area (Å²) in [7, 11) is 0. The summed E-state index contributed by atoms with van der Waals surface area (Å²) in [6.07, 6.45) is 0.436. The van der Waals surface area contributed by atoms with E-state index < -0.39 is 27.2 Å². The Kier molecular flexibility index (Phi) is 5.96. The topological polar surface area (TPSA) is 142 Å². The molecule has 0 fully saturated rings. The van der Waals surface area contributed by atoms with E-state index in [1.165, 1.54) is 24.3 Å². The minimum atomic E-state index is -1.23.